The summed E-state index contributed by atoms with van der Waals surface area (Å²) >= 11 is 0. The number of piperidine rings is 1. The van der Waals surface area contributed by atoms with Gasteiger partial charge in [0.05, 0.1) is 12.7 Å². The first-order valence-corrected chi connectivity index (χ1v) is 6.90. The lowest BCUT2D eigenvalue weighted by Crippen LogP contribution is -2.42. The summed E-state index contributed by atoms with van der Waals surface area (Å²) in [4.78, 5) is 2.45. The van der Waals surface area contributed by atoms with E-state index in [0.717, 1.165) is 37.9 Å². The van der Waals surface area contributed by atoms with E-state index in [-0.39, 0.29) is 5.54 Å². The van der Waals surface area contributed by atoms with Crippen molar-refractivity contribution in [2.24, 2.45) is 5.92 Å². The van der Waals surface area contributed by atoms with E-state index in [4.69, 9.17) is 4.52 Å². The van der Waals surface area contributed by atoms with E-state index in [1.807, 2.05) is 6.07 Å². The van der Waals surface area contributed by atoms with E-state index >= 15 is 0 Å². The third-order valence-corrected chi connectivity index (χ3v) is 3.50. The molecular weight excluding hydrogens is 226 g/mol. The van der Waals surface area contributed by atoms with Crippen LogP contribution in [0, 0.1) is 5.92 Å². The summed E-state index contributed by atoms with van der Waals surface area (Å²) in [6, 6.07) is 1.95. The lowest BCUT2D eigenvalue weighted by atomic mass is 9.95. The summed E-state index contributed by atoms with van der Waals surface area (Å²) in [6.45, 7) is 11.1. The largest absolute Gasteiger partial charge is 0.360 e. The van der Waals surface area contributed by atoms with Gasteiger partial charge in [-0.15, -0.1) is 0 Å². The Morgan fingerprint density at radius 1 is 1.39 bits per heavy atom. The van der Waals surface area contributed by atoms with Gasteiger partial charge < -0.3 is 9.84 Å². The standard InChI is InChI=1S/C14H25N3O/c1-14(2,3)15-10-12-5-8-17(9-6-12)11-13-4-7-16-18-13/h4,7,12,15H,5-6,8-11H2,1-3H3. The van der Waals surface area contributed by atoms with Crippen LogP contribution in [0.2, 0.25) is 0 Å². The van der Waals surface area contributed by atoms with Crippen LogP contribution in [-0.2, 0) is 6.54 Å². The summed E-state index contributed by atoms with van der Waals surface area (Å²) in [6.07, 6.45) is 4.27. The molecule has 1 aliphatic rings. The van der Waals surface area contributed by atoms with Crippen molar-refractivity contribution in [2.75, 3.05) is 19.6 Å². The van der Waals surface area contributed by atoms with Gasteiger partial charge in [-0.25, -0.2) is 0 Å². The smallest absolute Gasteiger partial charge is 0.150 e. The Balaban J connectivity index is 1.68. The van der Waals surface area contributed by atoms with Crippen molar-refractivity contribution in [1.82, 2.24) is 15.4 Å². The summed E-state index contributed by atoms with van der Waals surface area (Å²) in [5, 5.41) is 7.35. The van der Waals surface area contributed by atoms with E-state index < -0.39 is 0 Å². The summed E-state index contributed by atoms with van der Waals surface area (Å²) < 4.78 is 5.15. The van der Waals surface area contributed by atoms with Crippen LogP contribution in [0.3, 0.4) is 0 Å². The Morgan fingerprint density at radius 2 is 2.11 bits per heavy atom. The zero-order chi connectivity index (χ0) is 13.0. The van der Waals surface area contributed by atoms with Gasteiger partial charge in [-0.1, -0.05) is 5.16 Å². The topological polar surface area (TPSA) is 41.3 Å². The molecule has 102 valence electrons. The molecule has 4 heteroatoms. The Hall–Kier alpha value is -0.870. The van der Waals surface area contributed by atoms with Crippen LogP contribution in [0.1, 0.15) is 39.4 Å². The van der Waals surface area contributed by atoms with Crippen LogP contribution < -0.4 is 5.32 Å². The lowest BCUT2D eigenvalue weighted by molar-refractivity contribution is 0.156. The first kappa shape index (κ1) is 13.6. The van der Waals surface area contributed by atoms with Gasteiger partial charge in [0.2, 0.25) is 0 Å². The van der Waals surface area contributed by atoms with E-state index in [1.54, 1.807) is 6.20 Å². The molecule has 0 unspecified atom stereocenters. The average molecular weight is 251 g/mol. The van der Waals surface area contributed by atoms with E-state index in [0.29, 0.717) is 0 Å². The zero-order valence-electron chi connectivity index (χ0n) is 11.8. The quantitative estimate of drug-likeness (QED) is 0.891. The van der Waals surface area contributed by atoms with Gasteiger partial charge >= 0.3 is 0 Å². The number of aromatic nitrogens is 1. The van der Waals surface area contributed by atoms with Crippen molar-refractivity contribution < 1.29 is 4.52 Å². The maximum absolute atomic E-state index is 5.15. The zero-order valence-corrected chi connectivity index (χ0v) is 11.8. The highest BCUT2D eigenvalue weighted by molar-refractivity contribution is 4.93. The SMILES string of the molecule is CC(C)(C)NCC1CCN(Cc2ccno2)CC1. The average Bonchev–Trinajstić information content (AvgIpc) is 2.80. The van der Waals surface area contributed by atoms with Crippen LogP contribution in [0.5, 0.6) is 0 Å². The lowest BCUT2D eigenvalue weighted by Gasteiger charge is -2.33. The molecule has 1 fully saturated rings. The minimum Gasteiger partial charge on any atom is -0.360 e. The van der Waals surface area contributed by atoms with Gasteiger partial charge in [-0.3, -0.25) is 4.90 Å². The molecule has 1 N–H and O–H groups in total. The maximum Gasteiger partial charge on any atom is 0.150 e. The predicted octanol–water partition coefficient (Wildman–Crippen LogP) is 2.27. The number of hydrogen-bond donors (Lipinski definition) is 1. The number of rotatable bonds is 4. The van der Waals surface area contributed by atoms with Crippen molar-refractivity contribution in [1.29, 1.82) is 0 Å². The van der Waals surface area contributed by atoms with Crippen molar-refractivity contribution in [3.8, 4) is 0 Å². The van der Waals surface area contributed by atoms with Gasteiger partial charge in [0, 0.05) is 11.6 Å². The second kappa shape index (κ2) is 5.85. The fraction of sp³-hybridized carbons (Fsp3) is 0.786. The number of nitrogens with one attached hydrogen (secondary N) is 1. The Bertz CT molecular complexity index is 334. The van der Waals surface area contributed by atoms with Gasteiger partial charge in [0.1, 0.15) is 0 Å². The molecule has 0 atom stereocenters. The first-order valence-electron chi connectivity index (χ1n) is 6.90. The molecule has 2 heterocycles. The highest BCUT2D eigenvalue weighted by Crippen LogP contribution is 2.19. The second-order valence-electron chi connectivity index (χ2n) is 6.33. The van der Waals surface area contributed by atoms with Crippen LogP contribution in [0.25, 0.3) is 0 Å². The summed E-state index contributed by atoms with van der Waals surface area (Å²) in [5.74, 6) is 1.79. The van der Waals surface area contributed by atoms with Crippen LogP contribution >= 0.6 is 0 Å². The monoisotopic (exact) mass is 251 g/mol. The Morgan fingerprint density at radius 3 is 2.67 bits per heavy atom. The molecule has 0 radical (unpaired) electrons. The van der Waals surface area contributed by atoms with E-state index in [9.17, 15) is 0 Å². The minimum atomic E-state index is 0.233. The molecule has 0 saturated carbocycles. The molecule has 2 rings (SSSR count). The maximum atomic E-state index is 5.15. The van der Waals surface area contributed by atoms with E-state index in [2.05, 4.69) is 36.1 Å². The van der Waals surface area contributed by atoms with Crippen LogP contribution in [0.15, 0.2) is 16.8 Å². The predicted molar refractivity (Wildman–Crippen MR) is 72.3 cm³/mol. The fourth-order valence-electron chi connectivity index (χ4n) is 2.34. The third kappa shape index (κ3) is 4.42. The van der Waals surface area contributed by atoms with E-state index in [1.165, 1.54) is 12.8 Å². The second-order valence-corrected chi connectivity index (χ2v) is 6.33. The normalized spacial score (nSPS) is 19.3. The molecule has 0 spiro atoms. The minimum absolute atomic E-state index is 0.233. The highest BCUT2D eigenvalue weighted by atomic mass is 16.5. The summed E-state index contributed by atoms with van der Waals surface area (Å²) in [5.41, 5.74) is 0.233. The van der Waals surface area contributed by atoms with Crippen molar-refractivity contribution >= 4 is 0 Å². The Kier molecular flexibility index (Phi) is 4.40. The molecule has 0 aliphatic carbocycles. The van der Waals surface area contributed by atoms with Crippen molar-refractivity contribution in [3.05, 3.63) is 18.0 Å². The highest BCUT2D eigenvalue weighted by Gasteiger charge is 2.21. The summed E-state index contributed by atoms with van der Waals surface area (Å²) in [7, 11) is 0. The molecule has 1 aliphatic heterocycles. The van der Waals surface area contributed by atoms with Gasteiger partial charge in [0.15, 0.2) is 5.76 Å². The third-order valence-electron chi connectivity index (χ3n) is 3.50. The fourth-order valence-corrected chi connectivity index (χ4v) is 2.34. The molecule has 4 nitrogen and oxygen atoms in total. The molecule has 0 amide bonds. The molecule has 1 saturated heterocycles. The molecule has 1 aromatic rings. The van der Waals surface area contributed by atoms with Gasteiger partial charge in [0.25, 0.3) is 0 Å². The van der Waals surface area contributed by atoms with Gasteiger partial charge in [-0.2, -0.15) is 0 Å². The molecule has 0 aromatic carbocycles. The number of likely N-dealkylation sites (tertiary alicyclic amines) is 1. The van der Waals surface area contributed by atoms with Gasteiger partial charge in [-0.05, 0) is 59.2 Å². The molecule has 18 heavy (non-hydrogen) atoms. The number of hydrogen-bond acceptors (Lipinski definition) is 4. The Labute approximate surface area is 110 Å². The molecular formula is C14H25N3O. The van der Waals surface area contributed by atoms with Crippen molar-refractivity contribution in [2.45, 2.75) is 45.7 Å². The first-order chi connectivity index (χ1) is 8.53. The number of nitrogens with zero attached hydrogens (tertiary/aromatic N) is 2. The molecule has 0 bridgehead atoms. The van der Waals surface area contributed by atoms with Crippen LogP contribution in [-0.4, -0.2) is 35.2 Å². The van der Waals surface area contributed by atoms with Crippen LogP contribution in [0.4, 0.5) is 0 Å². The van der Waals surface area contributed by atoms with Crippen molar-refractivity contribution in [3.63, 3.8) is 0 Å². The molecule has 1 aromatic heterocycles.